The average Bonchev–Trinajstić information content (AvgIpc) is 0.815. The maximum atomic E-state index is 12.8. The van der Waals surface area contributed by atoms with Crippen LogP contribution in [0.15, 0.2) is 102 Å². The standard InChI is InChI=1S/C40H40N12O26S6.10Na/c53-33(54)19-51(11-13-73-57)39-47-35(45-37(49-39)43-27-17-25(81(61,62)63)7-9-29(27)79-77-75-59)41-23-5-3-21(31(15-23)83(67,68)69)1-2-22-4-6-24(16-32(22)84(70,71)72)42-36-46-38(50-40(48-36)52(12-14-74-58)20-34(55)56)44-28-18-26(82(64,65)66)8-10-30(28)80-78-76-60;;;;;;;;;;/h1-10,15-18,57-60H,11-14,19-20H2,(H,53,54)(H,55,56)(H,61,62,63)(H,64,65,66)(H,67,68,69)(H,70,71,72)(H2,41,43,45,47,49)(H2,42,44,46,48,50);;;;;;;;;;/q;10*+1/p-10/b2-1+;;;;;;;;;;. The molecule has 0 aliphatic carbocycles. The summed E-state index contributed by atoms with van der Waals surface area (Å²) in [6, 6.07) is 10.8. The van der Waals surface area contributed by atoms with Crippen molar-refractivity contribution >= 4 is 147 Å². The number of hydrogen-bond donors (Lipinski definition) is 4. The van der Waals surface area contributed by atoms with E-state index in [4.69, 9.17) is 0 Å². The van der Waals surface area contributed by atoms with Gasteiger partial charge in [-0.2, -0.15) is 38.6 Å². The van der Waals surface area contributed by atoms with Crippen LogP contribution < -0.4 is 358 Å². The van der Waals surface area contributed by atoms with Crippen molar-refractivity contribution in [3.8, 4) is 0 Å². The summed E-state index contributed by atoms with van der Waals surface area (Å²) in [5.74, 6) is -7.08. The van der Waals surface area contributed by atoms with E-state index in [1.54, 1.807) is 0 Å². The van der Waals surface area contributed by atoms with Crippen molar-refractivity contribution in [1.82, 2.24) is 29.9 Å². The van der Waals surface area contributed by atoms with Crippen molar-refractivity contribution in [2.75, 3.05) is 70.5 Å². The van der Waals surface area contributed by atoms with Crippen LogP contribution in [-0.4, -0.2) is 133 Å². The molecule has 0 spiro atoms. The number of carbonyl (C=O) groups excluding carboxylic acids is 2. The van der Waals surface area contributed by atoms with Crippen LogP contribution in [0, 0.1) is 0 Å². The third kappa shape index (κ3) is 34.0. The third-order valence-corrected chi connectivity index (χ3v) is 14.9. The largest absolute Gasteiger partial charge is 1.00 e. The van der Waals surface area contributed by atoms with Gasteiger partial charge in [-0.15, -0.1) is 0 Å². The minimum Gasteiger partial charge on any atom is -0.744 e. The molecule has 0 saturated heterocycles. The second-order valence-corrected chi connectivity index (χ2v) is 22.6. The van der Waals surface area contributed by atoms with Crippen molar-refractivity contribution in [2.45, 2.75) is 29.4 Å². The van der Waals surface area contributed by atoms with Crippen LogP contribution in [0.5, 0.6) is 0 Å². The summed E-state index contributed by atoms with van der Waals surface area (Å²) in [5.41, 5.74) is -2.24. The maximum absolute atomic E-state index is 12.8. The second kappa shape index (κ2) is 49.9. The molecule has 54 heteroatoms. The van der Waals surface area contributed by atoms with E-state index in [2.05, 4.69) is 79.7 Å². The molecular formula is C40H30N12Na10O26S6. The smallest absolute Gasteiger partial charge is 0.744 e. The average molecular weight is 1520 g/mol. The summed E-state index contributed by atoms with van der Waals surface area (Å²) < 4.78 is 156. The molecule has 4 N–H and O–H groups in total. The van der Waals surface area contributed by atoms with Gasteiger partial charge in [0.25, 0.3) is 0 Å². The number of nitrogens with one attached hydrogen (secondary N) is 4. The Bertz CT molecular complexity index is 3690. The topological polar surface area (TPSA) is 589 Å². The van der Waals surface area contributed by atoms with Crippen LogP contribution in [0.1, 0.15) is 11.1 Å². The van der Waals surface area contributed by atoms with Crippen molar-refractivity contribution < 1.29 is 417 Å². The number of carbonyl (C=O) groups is 2. The van der Waals surface area contributed by atoms with Crippen molar-refractivity contribution in [3.05, 3.63) is 83.9 Å². The molecule has 94 heavy (non-hydrogen) atoms. The molecule has 2 heterocycles. The van der Waals surface area contributed by atoms with Gasteiger partial charge in [-0.05, 0) is 71.8 Å². The molecule has 0 unspecified atom stereocenters. The van der Waals surface area contributed by atoms with Gasteiger partial charge in [0.05, 0.1) is 103 Å². The van der Waals surface area contributed by atoms with Gasteiger partial charge in [-0.3, -0.25) is 10.1 Å². The molecule has 6 rings (SSSR count). The minimum absolute atomic E-state index is 0. The van der Waals surface area contributed by atoms with Gasteiger partial charge in [-0.1, -0.05) is 24.3 Å². The van der Waals surface area contributed by atoms with Gasteiger partial charge in [0.15, 0.2) is 0 Å². The quantitative estimate of drug-likeness (QED) is 0.00761. The first kappa shape index (κ1) is 105. The fourth-order valence-corrected chi connectivity index (χ4v) is 9.96. The predicted octanol–water partition coefficient (Wildman–Crippen LogP) is -35.0. The van der Waals surface area contributed by atoms with Crippen molar-refractivity contribution in [3.63, 3.8) is 0 Å². The molecular weight excluding hydrogens is 1490 g/mol. The Hall–Kier alpha value is 2.32. The zero-order valence-electron chi connectivity index (χ0n) is 51.0. The van der Waals surface area contributed by atoms with Crippen LogP contribution in [0.3, 0.4) is 0 Å². The summed E-state index contributed by atoms with van der Waals surface area (Å²) in [7, 11) is -21.3. The van der Waals surface area contributed by atoms with E-state index in [0.717, 1.165) is 94.7 Å². The van der Waals surface area contributed by atoms with E-state index in [9.17, 15) is 92.7 Å². The SMILES string of the molecule is O=C([O-])CN(CCO[O-])c1nc(Nc2ccc(/C=C/c3ccc(Nc4nc(Nc5cc(S(=O)(=O)[O-])ccc5SOO[O-])nc(N(CCO[O-])CC(=O)[O-])n4)cc3S(=O)(=O)[O-])c(S(=O)(=O)[O-])c2)nc(Nc2cc(S(=O)(=O)[O-])ccc2SOO[O-])n1.[Na+].[Na+].[Na+].[Na+].[Na+].[Na+].[Na+].[Na+].[Na+].[Na+]. The zero-order valence-corrected chi connectivity index (χ0v) is 75.9. The first-order valence-corrected chi connectivity index (χ1v) is 29.0. The molecule has 0 fully saturated rings. The molecule has 4 aromatic carbocycles. The summed E-state index contributed by atoms with van der Waals surface area (Å²) in [4.78, 5) is 53.1. The molecule has 2 aromatic heterocycles. The maximum Gasteiger partial charge on any atom is 1.00 e. The second-order valence-electron chi connectivity index (χ2n) is 15.7. The Labute approximate surface area is 763 Å². The number of hydrogen-bond acceptors (Lipinski definition) is 40. The summed E-state index contributed by atoms with van der Waals surface area (Å²) in [6.07, 6.45) is 1.80. The van der Waals surface area contributed by atoms with Crippen LogP contribution in [0.4, 0.5) is 58.4 Å². The Morgan fingerprint density at radius 1 is 0.447 bits per heavy atom. The first-order chi connectivity index (χ1) is 39.6. The van der Waals surface area contributed by atoms with Crippen LogP contribution in [-0.2, 0) is 78.6 Å². The van der Waals surface area contributed by atoms with Crippen molar-refractivity contribution in [1.29, 1.82) is 0 Å². The van der Waals surface area contributed by atoms with Gasteiger partial charge in [0, 0.05) is 24.5 Å². The van der Waals surface area contributed by atoms with Gasteiger partial charge in [-0.25, -0.2) is 33.7 Å². The Balaban J connectivity index is -0.00000264. The van der Waals surface area contributed by atoms with Gasteiger partial charge in [0.2, 0.25) is 35.7 Å². The number of aromatic nitrogens is 6. The van der Waals surface area contributed by atoms with Gasteiger partial charge < -0.3 is 99.9 Å². The minimum atomic E-state index is -5.51. The molecule has 0 bridgehead atoms. The number of carboxylic acid groups (broad SMARTS) is 2. The number of aliphatic carboxylic acids is 2. The Kier molecular flexibility index (Phi) is 55.7. The number of carboxylic acids is 2. The number of anilines is 10. The van der Waals surface area contributed by atoms with Gasteiger partial charge in [0.1, 0.15) is 40.5 Å². The Morgan fingerprint density at radius 2 is 0.766 bits per heavy atom. The zero-order chi connectivity index (χ0) is 61.6. The molecule has 0 aliphatic heterocycles. The van der Waals surface area contributed by atoms with E-state index in [-0.39, 0.29) is 352 Å². The van der Waals surface area contributed by atoms with Crippen molar-refractivity contribution in [2.24, 2.45) is 0 Å². The molecule has 6 aromatic rings. The summed E-state index contributed by atoms with van der Waals surface area (Å²) in [6.45, 7) is -4.41. The number of nitrogens with zero attached hydrogens (tertiary/aromatic N) is 8. The van der Waals surface area contributed by atoms with E-state index in [1.165, 1.54) is 0 Å². The number of benzene rings is 4. The predicted molar refractivity (Wildman–Crippen MR) is 262 cm³/mol. The molecule has 452 valence electrons. The molecule has 0 amide bonds. The van der Waals surface area contributed by atoms with E-state index >= 15 is 0 Å². The third-order valence-electron chi connectivity index (χ3n) is 10.1. The van der Waals surface area contributed by atoms with E-state index < -0.39 is 158 Å². The van der Waals surface area contributed by atoms with Gasteiger partial charge >= 0.3 is 296 Å². The van der Waals surface area contributed by atoms with E-state index in [0.29, 0.717) is 0 Å². The molecule has 0 atom stereocenters. The fourth-order valence-electron chi connectivity index (χ4n) is 6.72. The fraction of sp³-hybridized carbons (Fsp3) is 0.150. The normalized spacial score (nSPS) is 10.8. The molecule has 0 saturated carbocycles. The molecule has 0 radical (unpaired) electrons. The summed E-state index contributed by atoms with van der Waals surface area (Å²) in [5, 5.41) is 83.2. The number of rotatable bonds is 32. The monoisotopic (exact) mass is 1520 g/mol. The Morgan fingerprint density at radius 3 is 1.04 bits per heavy atom. The summed E-state index contributed by atoms with van der Waals surface area (Å²) >= 11 is 0.411. The van der Waals surface area contributed by atoms with Crippen LogP contribution >= 0.6 is 24.1 Å². The van der Waals surface area contributed by atoms with E-state index in [1.807, 2.05) is 0 Å². The molecule has 38 nitrogen and oxygen atoms in total. The van der Waals surface area contributed by atoms with Crippen LogP contribution in [0.25, 0.3) is 12.2 Å². The first-order valence-electron chi connectivity index (χ1n) is 21.9. The molecule has 0 aliphatic rings. The van der Waals surface area contributed by atoms with Crippen LogP contribution in [0.2, 0.25) is 0 Å².